The van der Waals surface area contributed by atoms with Crippen LogP contribution in [0, 0.1) is 0 Å². The molecule has 0 bridgehead atoms. The highest BCUT2D eigenvalue weighted by Gasteiger charge is 2.17. The van der Waals surface area contributed by atoms with Gasteiger partial charge in [0.2, 0.25) is 0 Å². The number of fused-ring (bicyclic) bond motifs is 3. The number of benzene rings is 7. The molecule has 0 heteroatoms. The van der Waals surface area contributed by atoms with Gasteiger partial charge in [0.25, 0.3) is 0 Å². The molecule has 162 valence electrons. The molecule has 7 aromatic rings. The van der Waals surface area contributed by atoms with Gasteiger partial charge < -0.3 is 0 Å². The van der Waals surface area contributed by atoms with Gasteiger partial charge in [-0.2, -0.15) is 0 Å². The molecule has 0 radical (unpaired) electrons. The molecule has 0 amide bonds. The van der Waals surface area contributed by atoms with Crippen molar-refractivity contribution in [2.45, 2.75) is 26.2 Å². The minimum atomic E-state index is 0.138. The van der Waals surface area contributed by atoms with Crippen LogP contribution in [0.1, 0.15) is 26.3 Å². The molecular formula is C34H26. The van der Waals surface area contributed by atoms with E-state index in [2.05, 4.69) is 124 Å². The van der Waals surface area contributed by atoms with Crippen LogP contribution in [0.4, 0.5) is 0 Å². The van der Waals surface area contributed by atoms with Gasteiger partial charge in [-0.05, 0) is 94.2 Å². The maximum absolute atomic E-state index is 2.38. The summed E-state index contributed by atoms with van der Waals surface area (Å²) in [5.74, 6) is 0. The average molecular weight is 435 g/mol. The maximum Gasteiger partial charge on any atom is -0.00264 e. The first-order chi connectivity index (χ1) is 16.5. The van der Waals surface area contributed by atoms with Crippen molar-refractivity contribution in [2.24, 2.45) is 0 Å². The van der Waals surface area contributed by atoms with Crippen molar-refractivity contribution in [3.05, 3.63) is 109 Å². The van der Waals surface area contributed by atoms with Gasteiger partial charge in [0, 0.05) is 0 Å². The normalized spacial score (nSPS) is 12.6. The Kier molecular flexibility index (Phi) is 3.92. The van der Waals surface area contributed by atoms with Crippen molar-refractivity contribution in [3.8, 4) is 11.1 Å². The lowest BCUT2D eigenvalue weighted by Crippen LogP contribution is -2.10. The lowest BCUT2D eigenvalue weighted by atomic mass is 9.83. The van der Waals surface area contributed by atoms with E-state index >= 15 is 0 Å². The molecular weight excluding hydrogens is 408 g/mol. The van der Waals surface area contributed by atoms with Crippen molar-refractivity contribution in [2.75, 3.05) is 0 Å². The monoisotopic (exact) mass is 434 g/mol. The number of hydrogen-bond donors (Lipinski definition) is 0. The third-order valence-corrected chi connectivity index (χ3v) is 7.48. The third-order valence-electron chi connectivity index (χ3n) is 7.48. The standard InChI is InChI=1S/C34H26/c1-34(2,3)29-19-26-12-10-24-17-28(18-25-11-13-27(20-29)33(26)32(24)25)22-14-15-31-23(16-22)9-8-21-6-4-5-7-30(21)31/h4-20H,1-3H3. The summed E-state index contributed by atoms with van der Waals surface area (Å²) in [5.41, 5.74) is 4.07. The molecule has 0 heterocycles. The van der Waals surface area contributed by atoms with Gasteiger partial charge >= 0.3 is 0 Å². The Labute approximate surface area is 199 Å². The van der Waals surface area contributed by atoms with Gasteiger partial charge in [0.05, 0.1) is 0 Å². The molecule has 7 rings (SSSR count). The molecule has 0 saturated carbocycles. The Bertz CT molecular complexity index is 1810. The molecule has 0 spiro atoms. The van der Waals surface area contributed by atoms with Gasteiger partial charge in [-0.1, -0.05) is 106 Å². The summed E-state index contributed by atoms with van der Waals surface area (Å²) in [6.45, 7) is 6.87. The first kappa shape index (κ1) is 19.6. The fraction of sp³-hybridized carbons (Fsp3) is 0.118. The Hall–Kier alpha value is -3.90. The highest BCUT2D eigenvalue weighted by atomic mass is 14.2. The van der Waals surface area contributed by atoms with Crippen LogP contribution >= 0.6 is 0 Å². The Morgan fingerprint density at radius 2 is 0.912 bits per heavy atom. The predicted molar refractivity (Wildman–Crippen MR) is 149 cm³/mol. The van der Waals surface area contributed by atoms with Crippen LogP contribution < -0.4 is 0 Å². The van der Waals surface area contributed by atoms with Crippen molar-refractivity contribution in [1.82, 2.24) is 0 Å². The summed E-state index contributed by atoms with van der Waals surface area (Å²) in [4.78, 5) is 0. The molecule has 0 saturated heterocycles. The minimum Gasteiger partial charge on any atom is -0.0616 e. The van der Waals surface area contributed by atoms with Crippen LogP contribution in [-0.4, -0.2) is 0 Å². The molecule has 0 fully saturated rings. The van der Waals surface area contributed by atoms with E-state index in [4.69, 9.17) is 0 Å². The van der Waals surface area contributed by atoms with Crippen LogP contribution in [-0.2, 0) is 5.41 Å². The van der Waals surface area contributed by atoms with E-state index in [0.29, 0.717) is 0 Å². The lowest BCUT2D eigenvalue weighted by molar-refractivity contribution is 0.591. The van der Waals surface area contributed by atoms with Crippen LogP contribution in [0.15, 0.2) is 103 Å². The van der Waals surface area contributed by atoms with Crippen molar-refractivity contribution >= 4 is 53.9 Å². The van der Waals surface area contributed by atoms with E-state index in [1.165, 1.54) is 70.6 Å². The summed E-state index contributed by atoms with van der Waals surface area (Å²) in [7, 11) is 0. The summed E-state index contributed by atoms with van der Waals surface area (Å²) >= 11 is 0. The third kappa shape index (κ3) is 2.85. The minimum absolute atomic E-state index is 0.138. The van der Waals surface area contributed by atoms with Crippen molar-refractivity contribution in [3.63, 3.8) is 0 Å². The van der Waals surface area contributed by atoms with Gasteiger partial charge in [-0.25, -0.2) is 0 Å². The molecule has 0 N–H and O–H groups in total. The van der Waals surface area contributed by atoms with E-state index in [0.717, 1.165) is 0 Å². The molecule has 7 aromatic carbocycles. The summed E-state index contributed by atoms with van der Waals surface area (Å²) < 4.78 is 0. The predicted octanol–water partition coefficient (Wildman–Crippen LogP) is 9.85. The largest absolute Gasteiger partial charge is 0.0616 e. The second-order valence-electron chi connectivity index (χ2n) is 10.7. The van der Waals surface area contributed by atoms with Crippen molar-refractivity contribution in [1.29, 1.82) is 0 Å². The van der Waals surface area contributed by atoms with E-state index in [1.807, 2.05) is 0 Å². The first-order valence-electron chi connectivity index (χ1n) is 12.1. The molecule has 0 aliphatic rings. The molecule has 34 heavy (non-hydrogen) atoms. The second kappa shape index (κ2) is 6.81. The van der Waals surface area contributed by atoms with Crippen LogP contribution in [0.2, 0.25) is 0 Å². The van der Waals surface area contributed by atoms with E-state index in [9.17, 15) is 0 Å². The van der Waals surface area contributed by atoms with Crippen LogP contribution in [0.5, 0.6) is 0 Å². The second-order valence-corrected chi connectivity index (χ2v) is 10.7. The summed E-state index contributed by atoms with van der Waals surface area (Å²) in [6, 6.07) is 38.7. The Morgan fingerprint density at radius 3 is 1.56 bits per heavy atom. The molecule has 0 aromatic heterocycles. The van der Waals surface area contributed by atoms with Gasteiger partial charge in [0.1, 0.15) is 0 Å². The lowest BCUT2D eigenvalue weighted by Gasteiger charge is -2.21. The van der Waals surface area contributed by atoms with Crippen molar-refractivity contribution < 1.29 is 0 Å². The molecule has 0 nitrogen and oxygen atoms in total. The smallest absolute Gasteiger partial charge is 0.00264 e. The molecule has 0 unspecified atom stereocenters. The first-order valence-corrected chi connectivity index (χ1v) is 12.1. The highest BCUT2D eigenvalue weighted by Crippen LogP contribution is 2.40. The highest BCUT2D eigenvalue weighted by molar-refractivity contribution is 6.24. The van der Waals surface area contributed by atoms with E-state index < -0.39 is 0 Å². The zero-order valence-corrected chi connectivity index (χ0v) is 19.8. The Morgan fingerprint density at radius 1 is 0.412 bits per heavy atom. The van der Waals surface area contributed by atoms with Gasteiger partial charge in [0.15, 0.2) is 0 Å². The number of hydrogen-bond acceptors (Lipinski definition) is 0. The zero-order valence-electron chi connectivity index (χ0n) is 19.8. The average Bonchev–Trinajstić information content (AvgIpc) is 2.85. The summed E-state index contributed by atoms with van der Waals surface area (Å²) in [5, 5.41) is 13.3. The van der Waals surface area contributed by atoms with Crippen LogP contribution in [0.3, 0.4) is 0 Å². The SMILES string of the molecule is CC(C)(C)c1cc2ccc3cc(-c4ccc5c(ccc6ccccc65)c4)cc4ccc(c1)c2c34. The summed E-state index contributed by atoms with van der Waals surface area (Å²) in [6.07, 6.45) is 0. The molecule has 0 aliphatic heterocycles. The fourth-order valence-electron chi connectivity index (χ4n) is 5.63. The molecule has 0 atom stereocenters. The van der Waals surface area contributed by atoms with Gasteiger partial charge in [-0.3, -0.25) is 0 Å². The maximum atomic E-state index is 2.38. The van der Waals surface area contributed by atoms with Gasteiger partial charge in [-0.15, -0.1) is 0 Å². The quantitative estimate of drug-likeness (QED) is 0.226. The number of rotatable bonds is 1. The molecule has 0 aliphatic carbocycles. The zero-order chi connectivity index (χ0) is 23.0. The van der Waals surface area contributed by atoms with E-state index in [-0.39, 0.29) is 5.41 Å². The topological polar surface area (TPSA) is 0 Å². The van der Waals surface area contributed by atoms with E-state index in [1.54, 1.807) is 0 Å². The fourth-order valence-corrected chi connectivity index (χ4v) is 5.63. The Balaban J connectivity index is 1.45. The van der Waals surface area contributed by atoms with Crippen LogP contribution in [0.25, 0.3) is 65.0 Å².